The first kappa shape index (κ1) is 11.4. The van der Waals surface area contributed by atoms with Crippen LogP contribution in [0.3, 0.4) is 0 Å². The number of carboxylic acid groups (broad SMARTS) is 1. The van der Waals surface area contributed by atoms with Gasteiger partial charge in [0.25, 0.3) is 0 Å². The zero-order valence-corrected chi connectivity index (χ0v) is 9.20. The Morgan fingerprint density at radius 1 is 1.38 bits per heavy atom. The minimum absolute atomic E-state index is 0.0647. The largest absolute Gasteiger partial charge is 0.480 e. The second kappa shape index (κ2) is 4.41. The van der Waals surface area contributed by atoms with Gasteiger partial charge in [0.1, 0.15) is 5.41 Å². The van der Waals surface area contributed by atoms with Crippen LogP contribution in [0.1, 0.15) is 32.1 Å². The molecule has 1 saturated carbocycles. The number of carbonyl (C=O) groups is 2. The number of rotatable bonds is 4. The molecule has 0 radical (unpaired) electrons. The Morgan fingerprint density at radius 2 is 2.12 bits per heavy atom. The summed E-state index contributed by atoms with van der Waals surface area (Å²) >= 11 is 0. The Balaban J connectivity index is 1.84. The molecule has 2 rings (SSSR count). The SMILES string of the molecule is O=C(O)C1(C(=O)NCC2CCCO2)CCC1. The minimum atomic E-state index is -1.15. The maximum atomic E-state index is 11.8. The summed E-state index contributed by atoms with van der Waals surface area (Å²) in [6.45, 7) is 1.18. The molecule has 5 heteroatoms. The zero-order chi connectivity index (χ0) is 11.6. The summed E-state index contributed by atoms with van der Waals surface area (Å²) in [6, 6.07) is 0. The van der Waals surface area contributed by atoms with E-state index in [1.165, 1.54) is 0 Å². The van der Waals surface area contributed by atoms with Gasteiger partial charge < -0.3 is 15.2 Å². The van der Waals surface area contributed by atoms with Crippen LogP contribution in [0.2, 0.25) is 0 Å². The van der Waals surface area contributed by atoms with Crippen molar-refractivity contribution in [3.05, 3.63) is 0 Å². The Bertz CT molecular complexity index is 292. The van der Waals surface area contributed by atoms with Crippen LogP contribution in [0.15, 0.2) is 0 Å². The molecular formula is C11H17NO4. The van der Waals surface area contributed by atoms with Crippen molar-refractivity contribution in [3.8, 4) is 0 Å². The Morgan fingerprint density at radius 3 is 2.56 bits per heavy atom. The summed E-state index contributed by atoms with van der Waals surface area (Å²) in [5.41, 5.74) is -1.15. The van der Waals surface area contributed by atoms with Gasteiger partial charge in [0.15, 0.2) is 0 Å². The maximum absolute atomic E-state index is 11.8. The van der Waals surface area contributed by atoms with Gasteiger partial charge in [-0.05, 0) is 25.7 Å². The molecule has 16 heavy (non-hydrogen) atoms. The van der Waals surface area contributed by atoms with Crippen molar-refractivity contribution in [2.75, 3.05) is 13.2 Å². The first-order valence-corrected chi connectivity index (χ1v) is 5.78. The number of carboxylic acids is 1. The van der Waals surface area contributed by atoms with E-state index in [1.54, 1.807) is 0 Å². The molecule has 2 N–H and O–H groups in total. The normalized spacial score (nSPS) is 27.1. The molecule has 0 aromatic heterocycles. The molecule has 2 aliphatic rings. The van der Waals surface area contributed by atoms with Gasteiger partial charge in [-0.15, -0.1) is 0 Å². The first-order valence-electron chi connectivity index (χ1n) is 5.78. The van der Waals surface area contributed by atoms with Crippen LogP contribution in [0.4, 0.5) is 0 Å². The molecule has 2 fully saturated rings. The van der Waals surface area contributed by atoms with Gasteiger partial charge in [-0.1, -0.05) is 6.42 Å². The number of ether oxygens (including phenoxy) is 1. The predicted molar refractivity (Wildman–Crippen MR) is 55.9 cm³/mol. The van der Waals surface area contributed by atoms with E-state index in [9.17, 15) is 9.59 Å². The molecule has 1 unspecified atom stereocenters. The van der Waals surface area contributed by atoms with E-state index in [2.05, 4.69) is 5.32 Å². The van der Waals surface area contributed by atoms with Gasteiger partial charge in [-0.25, -0.2) is 0 Å². The fourth-order valence-electron chi connectivity index (χ4n) is 2.25. The van der Waals surface area contributed by atoms with Gasteiger partial charge in [-0.2, -0.15) is 0 Å². The topological polar surface area (TPSA) is 75.6 Å². The van der Waals surface area contributed by atoms with Crippen LogP contribution in [-0.4, -0.2) is 36.2 Å². The van der Waals surface area contributed by atoms with E-state index in [1.807, 2.05) is 0 Å². The summed E-state index contributed by atoms with van der Waals surface area (Å²) in [7, 11) is 0. The van der Waals surface area contributed by atoms with Crippen LogP contribution < -0.4 is 5.32 Å². The zero-order valence-electron chi connectivity index (χ0n) is 9.20. The number of nitrogens with one attached hydrogen (secondary N) is 1. The van der Waals surface area contributed by atoms with E-state index in [0.717, 1.165) is 25.9 Å². The van der Waals surface area contributed by atoms with Gasteiger partial charge in [0.05, 0.1) is 6.10 Å². The fourth-order valence-corrected chi connectivity index (χ4v) is 2.25. The average molecular weight is 227 g/mol. The van der Waals surface area contributed by atoms with Crippen LogP contribution in [0, 0.1) is 5.41 Å². The number of amides is 1. The lowest BCUT2D eigenvalue weighted by molar-refractivity contribution is -0.162. The summed E-state index contributed by atoms with van der Waals surface area (Å²) in [6.07, 6.45) is 3.76. The highest BCUT2D eigenvalue weighted by molar-refractivity contribution is 6.02. The number of hydrogen-bond acceptors (Lipinski definition) is 3. The molecule has 90 valence electrons. The Labute approximate surface area is 94.2 Å². The second-order valence-corrected chi connectivity index (χ2v) is 4.59. The van der Waals surface area contributed by atoms with E-state index in [-0.39, 0.29) is 12.0 Å². The van der Waals surface area contributed by atoms with Crippen LogP contribution >= 0.6 is 0 Å². The molecule has 0 aromatic rings. The third-order valence-electron chi connectivity index (χ3n) is 3.57. The molecular weight excluding hydrogens is 210 g/mol. The molecule has 1 aliphatic heterocycles. The highest BCUT2D eigenvalue weighted by Gasteiger charge is 2.51. The third kappa shape index (κ3) is 1.91. The van der Waals surface area contributed by atoms with Crippen molar-refractivity contribution in [1.29, 1.82) is 0 Å². The fraction of sp³-hybridized carbons (Fsp3) is 0.818. The lowest BCUT2D eigenvalue weighted by Gasteiger charge is -2.36. The molecule has 5 nitrogen and oxygen atoms in total. The van der Waals surface area contributed by atoms with Crippen molar-refractivity contribution in [2.24, 2.45) is 5.41 Å². The van der Waals surface area contributed by atoms with Gasteiger partial charge in [0.2, 0.25) is 5.91 Å². The molecule has 1 saturated heterocycles. The number of carbonyl (C=O) groups excluding carboxylic acids is 1. The highest BCUT2D eigenvalue weighted by Crippen LogP contribution is 2.41. The second-order valence-electron chi connectivity index (χ2n) is 4.59. The Kier molecular flexibility index (Phi) is 3.14. The van der Waals surface area contributed by atoms with E-state index in [0.29, 0.717) is 19.4 Å². The summed E-state index contributed by atoms with van der Waals surface area (Å²) in [4.78, 5) is 22.8. The first-order chi connectivity index (χ1) is 7.65. The summed E-state index contributed by atoms with van der Waals surface area (Å²) in [5.74, 6) is -1.34. The average Bonchev–Trinajstić information content (AvgIpc) is 2.64. The molecule has 1 heterocycles. The van der Waals surface area contributed by atoms with Gasteiger partial charge >= 0.3 is 5.97 Å². The summed E-state index contributed by atoms with van der Waals surface area (Å²) in [5, 5.41) is 11.8. The number of aliphatic carboxylic acids is 1. The maximum Gasteiger partial charge on any atom is 0.319 e. The minimum Gasteiger partial charge on any atom is -0.480 e. The van der Waals surface area contributed by atoms with E-state index >= 15 is 0 Å². The summed E-state index contributed by atoms with van der Waals surface area (Å²) < 4.78 is 5.37. The molecule has 0 spiro atoms. The standard InChI is InChI=1S/C11H17NO4/c13-9(11(10(14)15)4-2-5-11)12-7-8-3-1-6-16-8/h8H,1-7H2,(H,12,13)(H,14,15). The van der Waals surface area contributed by atoms with Crippen molar-refractivity contribution in [2.45, 2.75) is 38.2 Å². The smallest absolute Gasteiger partial charge is 0.319 e. The predicted octanol–water partition coefficient (Wildman–Crippen LogP) is 0.536. The molecule has 0 bridgehead atoms. The van der Waals surface area contributed by atoms with Crippen LogP contribution in [0.25, 0.3) is 0 Å². The molecule has 1 aliphatic carbocycles. The quantitative estimate of drug-likeness (QED) is 0.687. The lowest BCUT2D eigenvalue weighted by atomic mass is 9.68. The van der Waals surface area contributed by atoms with Gasteiger partial charge in [-0.3, -0.25) is 9.59 Å². The van der Waals surface area contributed by atoms with E-state index in [4.69, 9.17) is 9.84 Å². The molecule has 0 aromatic carbocycles. The van der Waals surface area contributed by atoms with Crippen molar-refractivity contribution >= 4 is 11.9 Å². The lowest BCUT2D eigenvalue weighted by Crippen LogP contribution is -2.52. The number of hydrogen-bond donors (Lipinski definition) is 2. The molecule has 1 amide bonds. The third-order valence-corrected chi connectivity index (χ3v) is 3.57. The monoisotopic (exact) mass is 227 g/mol. The molecule has 1 atom stereocenters. The van der Waals surface area contributed by atoms with Crippen molar-refractivity contribution < 1.29 is 19.4 Å². The highest BCUT2D eigenvalue weighted by atomic mass is 16.5. The van der Waals surface area contributed by atoms with Crippen LogP contribution in [-0.2, 0) is 14.3 Å². The Hall–Kier alpha value is -1.10. The van der Waals surface area contributed by atoms with Gasteiger partial charge in [0, 0.05) is 13.2 Å². The van der Waals surface area contributed by atoms with Crippen molar-refractivity contribution in [3.63, 3.8) is 0 Å². The van der Waals surface area contributed by atoms with E-state index < -0.39 is 11.4 Å². The van der Waals surface area contributed by atoms with Crippen LogP contribution in [0.5, 0.6) is 0 Å². The van der Waals surface area contributed by atoms with Crippen molar-refractivity contribution in [1.82, 2.24) is 5.32 Å².